The second-order valence-corrected chi connectivity index (χ2v) is 7.58. The van der Waals surface area contributed by atoms with Crippen molar-refractivity contribution in [1.82, 2.24) is 5.32 Å². The van der Waals surface area contributed by atoms with E-state index in [1.807, 2.05) is 29.6 Å². The fraction of sp³-hybridized carbons (Fsp3) is 0.105. The summed E-state index contributed by atoms with van der Waals surface area (Å²) in [7, 11) is 0. The summed E-state index contributed by atoms with van der Waals surface area (Å²) in [6.45, 7) is 2.60. The topological polar surface area (TPSA) is 55.1 Å². The molecule has 1 aromatic heterocycles. The molecule has 0 aliphatic rings. The van der Waals surface area contributed by atoms with Gasteiger partial charge in [0.05, 0.1) is 6.54 Å². The van der Waals surface area contributed by atoms with Crippen molar-refractivity contribution in [1.29, 1.82) is 0 Å². The highest BCUT2D eigenvalue weighted by molar-refractivity contribution is 7.99. The van der Waals surface area contributed by atoms with Gasteiger partial charge in [0, 0.05) is 25.9 Å². The van der Waals surface area contributed by atoms with E-state index in [9.17, 15) is 4.79 Å². The summed E-state index contributed by atoms with van der Waals surface area (Å²) >= 11 is 3.22. The Morgan fingerprint density at radius 2 is 1.96 bits per heavy atom. The average molecular weight is 355 g/mol. The Labute approximate surface area is 149 Å². The maximum Gasteiger partial charge on any atom is 0.251 e. The smallest absolute Gasteiger partial charge is 0.251 e. The summed E-state index contributed by atoms with van der Waals surface area (Å²) in [5, 5.41) is 4.91. The summed E-state index contributed by atoms with van der Waals surface area (Å²) in [5.74, 6) is -0.109. The number of anilines is 1. The summed E-state index contributed by atoms with van der Waals surface area (Å²) in [6, 6.07) is 17.7. The molecule has 0 radical (unpaired) electrons. The van der Waals surface area contributed by atoms with Gasteiger partial charge in [0.25, 0.3) is 5.91 Å². The molecule has 3 rings (SSSR count). The summed E-state index contributed by atoms with van der Waals surface area (Å²) in [5.41, 5.74) is 8.55. The first-order valence-corrected chi connectivity index (χ1v) is 9.26. The lowest BCUT2D eigenvalue weighted by Gasteiger charge is -2.09. The largest absolute Gasteiger partial charge is 0.398 e. The molecular formula is C19H18N2OS2. The Kier molecular flexibility index (Phi) is 5.23. The minimum absolute atomic E-state index is 0.109. The Morgan fingerprint density at radius 3 is 2.62 bits per heavy atom. The molecule has 0 atom stereocenters. The van der Waals surface area contributed by atoms with E-state index in [4.69, 9.17) is 5.73 Å². The number of hydrogen-bond donors (Lipinski definition) is 2. The molecule has 2 aromatic carbocycles. The van der Waals surface area contributed by atoms with Crippen LogP contribution in [0.15, 0.2) is 69.8 Å². The van der Waals surface area contributed by atoms with Crippen LogP contribution in [0.5, 0.6) is 0 Å². The third kappa shape index (κ3) is 4.19. The third-order valence-corrected chi connectivity index (χ3v) is 5.50. The van der Waals surface area contributed by atoms with Crippen LogP contribution in [0.25, 0.3) is 0 Å². The van der Waals surface area contributed by atoms with Crippen molar-refractivity contribution in [2.45, 2.75) is 23.3 Å². The van der Waals surface area contributed by atoms with E-state index >= 15 is 0 Å². The number of nitrogens with two attached hydrogens (primary N) is 1. The van der Waals surface area contributed by atoms with Gasteiger partial charge in [-0.05, 0) is 48.7 Å². The van der Waals surface area contributed by atoms with E-state index in [0.29, 0.717) is 17.8 Å². The molecule has 0 unspecified atom stereocenters. The van der Waals surface area contributed by atoms with Crippen molar-refractivity contribution in [2.24, 2.45) is 0 Å². The van der Waals surface area contributed by atoms with Crippen molar-refractivity contribution in [3.63, 3.8) is 0 Å². The van der Waals surface area contributed by atoms with Gasteiger partial charge >= 0.3 is 0 Å². The van der Waals surface area contributed by atoms with Gasteiger partial charge in [0.2, 0.25) is 0 Å². The van der Waals surface area contributed by atoms with Crippen LogP contribution in [-0.2, 0) is 6.54 Å². The van der Waals surface area contributed by atoms with E-state index in [2.05, 4.69) is 36.5 Å². The normalized spacial score (nSPS) is 10.5. The Hall–Kier alpha value is -2.24. The highest BCUT2D eigenvalue weighted by atomic mass is 32.2. The van der Waals surface area contributed by atoms with E-state index < -0.39 is 0 Å². The SMILES string of the molecule is Cc1ccc(Sc2ccc(C(=O)NCc3cccs3)cc2N)cc1. The molecule has 0 bridgehead atoms. The minimum atomic E-state index is -0.109. The number of carbonyl (C=O) groups is 1. The van der Waals surface area contributed by atoms with Crippen molar-refractivity contribution in [3.05, 3.63) is 76.0 Å². The number of amides is 1. The fourth-order valence-corrected chi connectivity index (χ4v) is 3.68. The van der Waals surface area contributed by atoms with E-state index in [1.165, 1.54) is 5.56 Å². The first-order chi connectivity index (χ1) is 11.6. The molecule has 0 aliphatic heterocycles. The van der Waals surface area contributed by atoms with Crippen molar-refractivity contribution < 1.29 is 4.79 Å². The van der Waals surface area contributed by atoms with Gasteiger partial charge in [-0.3, -0.25) is 4.79 Å². The zero-order chi connectivity index (χ0) is 16.9. The molecule has 3 N–H and O–H groups in total. The molecular weight excluding hydrogens is 336 g/mol. The summed E-state index contributed by atoms with van der Waals surface area (Å²) in [6.07, 6.45) is 0. The van der Waals surface area contributed by atoms with Crippen LogP contribution in [-0.4, -0.2) is 5.91 Å². The molecule has 1 heterocycles. The first kappa shape index (κ1) is 16.6. The molecule has 3 aromatic rings. The minimum Gasteiger partial charge on any atom is -0.398 e. The lowest BCUT2D eigenvalue weighted by atomic mass is 10.2. The highest BCUT2D eigenvalue weighted by Gasteiger charge is 2.09. The lowest BCUT2D eigenvalue weighted by Crippen LogP contribution is -2.22. The van der Waals surface area contributed by atoms with Crippen LogP contribution in [0.2, 0.25) is 0 Å². The second-order valence-electron chi connectivity index (χ2n) is 5.43. The highest BCUT2D eigenvalue weighted by Crippen LogP contribution is 2.32. The predicted octanol–water partition coefficient (Wildman–Crippen LogP) is 4.72. The monoisotopic (exact) mass is 354 g/mol. The van der Waals surface area contributed by atoms with Crippen LogP contribution >= 0.6 is 23.1 Å². The molecule has 0 fully saturated rings. The number of nitrogen functional groups attached to an aromatic ring is 1. The number of benzene rings is 2. The lowest BCUT2D eigenvalue weighted by molar-refractivity contribution is 0.0951. The van der Waals surface area contributed by atoms with Crippen LogP contribution in [0.4, 0.5) is 5.69 Å². The molecule has 24 heavy (non-hydrogen) atoms. The quantitative estimate of drug-likeness (QED) is 0.652. The van der Waals surface area contributed by atoms with Gasteiger partial charge in [-0.1, -0.05) is 35.5 Å². The molecule has 0 aliphatic carbocycles. The predicted molar refractivity (Wildman–Crippen MR) is 102 cm³/mol. The molecule has 5 heteroatoms. The standard InChI is InChI=1S/C19H18N2OS2/c1-13-4-7-15(8-5-13)24-18-9-6-14(11-17(18)20)19(22)21-12-16-3-2-10-23-16/h2-11H,12,20H2,1H3,(H,21,22). The van der Waals surface area contributed by atoms with E-state index in [-0.39, 0.29) is 5.91 Å². The van der Waals surface area contributed by atoms with Crippen LogP contribution in [0.3, 0.4) is 0 Å². The van der Waals surface area contributed by atoms with Gasteiger partial charge in [-0.25, -0.2) is 0 Å². The Morgan fingerprint density at radius 1 is 1.17 bits per heavy atom. The number of aryl methyl sites for hydroxylation is 1. The molecule has 0 saturated heterocycles. The molecule has 122 valence electrons. The fourth-order valence-electron chi connectivity index (χ4n) is 2.20. The van der Waals surface area contributed by atoms with Gasteiger partial charge in [0.1, 0.15) is 0 Å². The van der Waals surface area contributed by atoms with Crippen molar-refractivity contribution >= 4 is 34.7 Å². The van der Waals surface area contributed by atoms with Crippen molar-refractivity contribution in [3.8, 4) is 0 Å². The van der Waals surface area contributed by atoms with E-state index in [0.717, 1.165) is 14.7 Å². The maximum atomic E-state index is 12.2. The number of hydrogen-bond acceptors (Lipinski definition) is 4. The van der Waals surface area contributed by atoms with Gasteiger partial charge in [-0.2, -0.15) is 0 Å². The van der Waals surface area contributed by atoms with Gasteiger partial charge < -0.3 is 11.1 Å². The maximum absolute atomic E-state index is 12.2. The summed E-state index contributed by atoms with van der Waals surface area (Å²) < 4.78 is 0. The summed E-state index contributed by atoms with van der Waals surface area (Å²) in [4.78, 5) is 15.4. The average Bonchev–Trinajstić information content (AvgIpc) is 3.10. The van der Waals surface area contributed by atoms with Gasteiger partial charge in [-0.15, -0.1) is 11.3 Å². The number of carbonyl (C=O) groups excluding carboxylic acids is 1. The van der Waals surface area contributed by atoms with Gasteiger partial charge in [0.15, 0.2) is 0 Å². The Balaban J connectivity index is 1.67. The van der Waals surface area contributed by atoms with Crippen LogP contribution in [0.1, 0.15) is 20.8 Å². The zero-order valence-corrected chi connectivity index (χ0v) is 14.9. The van der Waals surface area contributed by atoms with Crippen LogP contribution < -0.4 is 11.1 Å². The second kappa shape index (κ2) is 7.55. The molecule has 3 nitrogen and oxygen atoms in total. The molecule has 0 spiro atoms. The molecule has 0 saturated carbocycles. The number of thiophene rings is 1. The third-order valence-electron chi connectivity index (χ3n) is 3.52. The number of nitrogens with one attached hydrogen (secondary N) is 1. The zero-order valence-electron chi connectivity index (χ0n) is 13.3. The first-order valence-electron chi connectivity index (χ1n) is 7.56. The van der Waals surface area contributed by atoms with Crippen molar-refractivity contribution in [2.75, 3.05) is 5.73 Å². The Bertz CT molecular complexity index is 827. The number of rotatable bonds is 5. The van der Waals surface area contributed by atoms with Crippen LogP contribution in [0, 0.1) is 6.92 Å². The molecule has 1 amide bonds. The van der Waals surface area contributed by atoms with E-state index in [1.54, 1.807) is 29.2 Å².